The summed E-state index contributed by atoms with van der Waals surface area (Å²) in [5.41, 5.74) is 0. The van der Waals surface area contributed by atoms with Crippen LogP contribution in [0.1, 0.15) is 32.6 Å². The summed E-state index contributed by atoms with van der Waals surface area (Å²) in [5, 5.41) is 4.70. The molecule has 1 aliphatic heterocycles. The number of aliphatic imine (C=N–C) groups is 1. The van der Waals surface area contributed by atoms with Crippen LogP contribution in [0.4, 0.5) is 0 Å². The number of nitrogens with zero attached hydrogens (tertiary/aromatic N) is 1. The largest absolute Gasteiger partial charge is 0.362 e. The molecule has 1 atom stereocenters. The molecule has 74 valence electrons. The smallest absolute Gasteiger partial charge is 0.156 e. The molecule has 1 N–H and O–H groups in total. The highest BCUT2D eigenvalue weighted by Gasteiger charge is 2.21. The highest BCUT2D eigenvalue weighted by Crippen LogP contribution is 2.29. The van der Waals surface area contributed by atoms with Crippen molar-refractivity contribution in [2.75, 3.05) is 12.3 Å². The maximum atomic E-state index is 4.61. The molecule has 1 heterocycles. The van der Waals surface area contributed by atoms with Crippen molar-refractivity contribution in [1.82, 2.24) is 5.32 Å². The maximum Gasteiger partial charge on any atom is 0.156 e. The molecule has 2 nitrogen and oxygen atoms in total. The van der Waals surface area contributed by atoms with Crippen molar-refractivity contribution in [2.45, 2.75) is 38.6 Å². The zero-order valence-corrected chi connectivity index (χ0v) is 9.07. The van der Waals surface area contributed by atoms with E-state index in [4.69, 9.17) is 0 Å². The Morgan fingerprint density at radius 2 is 2.31 bits per heavy atom. The van der Waals surface area contributed by atoms with Crippen LogP contribution in [-0.2, 0) is 0 Å². The lowest BCUT2D eigenvalue weighted by Crippen LogP contribution is -2.37. The average molecular weight is 198 g/mol. The van der Waals surface area contributed by atoms with Crippen molar-refractivity contribution in [3.05, 3.63) is 0 Å². The normalized spacial score (nSPS) is 31.8. The summed E-state index contributed by atoms with van der Waals surface area (Å²) in [7, 11) is 0. The highest BCUT2D eigenvalue weighted by molar-refractivity contribution is 8.13. The lowest BCUT2D eigenvalue weighted by Gasteiger charge is -2.24. The van der Waals surface area contributed by atoms with Crippen molar-refractivity contribution in [1.29, 1.82) is 0 Å². The Hall–Kier alpha value is -0.180. The fourth-order valence-electron chi connectivity index (χ4n) is 1.50. The molecule has 0 spiro atoms. The van der Waals surface area contributed by atoms with E-state index < -0.39 is 0 Å². The number of rotatable bonds is 3. The predicted molar refractivity (Wildman–Crippen MR) is 59.3 cm³/mol. The minimum absolute atomic E-state index is 0.680. The summed E-state index contributed by atoms with van der Waals surface area (Å²) in [6.07, 6.45) is 5.32. The van der Waals surface area contributed by atoms with Crippen molar-refractivity contribution in [3.63, 3.8) is 0 Å². The third-order valence-corrected chi connectivity index (χ3v) is 3.68. The third kappa shape index (κ3) is 2.90. The van der Waals surface area contributed by atoms with E-state index in [1.807, 2.05) is 11.8 Å². The summed E-state index contributed by atoms with van der Waals surface area (Å²) in [5.74, 6) is 2.16. The fourth-order valence-corrected chi connectivity index (χ4v) is 2.51. The van der Waals surface area contributed by atoms with E-state index in [1.54, 1.807) is 0 Å². The van der Waals surface area contributed by atoms with Crippen molar-refractivity contribution >= 4 is 16.9 Å². The molecular formula is C10H18N2S. The van der Waals surface area contributed by atoms with Gasteiger partial charge in [0, 0.05) is 18.3 Å². The number of hydrogen-bond acceptors (Lipinski definition) is 2. The Morgan fingerprint density at radius 1 is 1.46 bits per heavy atom. The number of hydrogen-bond donors (Lipinski definition) is 1. The Bertz CT molecular complexity index is 199. The van der Waals surface area contributed by atoms with E-state index in [0.29, 0.717) is 6.04 Å². The van der Waals surface area contributed by atoms with E-state index in [2.05, 4.69) is 17.2 Å². The molecular weight excluding hydrogens is 180 g/mol. The van der Waals surface area contributed by atoms with Gasteiger partial charge in [-0.15, -0.1) is 0 Å². The van der Waals surface area contributed by atoms with E-state index in [9.17, 15) is 0 Å². The predicted octanol–water partition coefficient (Wildman–Crippen LogP) is 2.26. The molecule has 0 aromatic rings. The molecule has 0 radical (unpaired) electrons. The number of amidine groups is 1. The first-order valence-corrected chi connectivity index (χ1v) is 6.31. The van der Waals surface area contributed by atoms with Crippen LogP contribution in [-0.4, -0.2) is 23.5 Å². The fraction of sp³-hybridized carbons (Fsp3) is 0.900. The topological polar surface area (TPSA) is 24.4 Å². The molecule has 2 fully saturated rings. The van der Waals surface area contributed by atoms with Gasteiger partial charge in [0.05, 0.1) is 0 Å². The molecule has 1 unspecified atom stereocenters. The Labute approximate surface area is 84.6 Å². The van der Waals surface area contributed by atoms with Crippen LogP contribution < -0.4 is 5.32 Å². The molecule has 0 aromatic carbocycles. The van der Waals surface area contributed by atoms with E-state index >= 15 is 0 Å². The third-order valence-electron chi connectivity index (χ3n) is 2.72. The van der Waals surface area contributed by atoms with Crippen molar-refractivity contribution in [3.8, 4) is 0 Å². The van der Waals surface area contributed by atoms with Gasteiger partial charge in [0.1, 0.15) is 0 Å². The van der Waals surface area contributed by atoms with Crippen LogP contribution in [0.25, 0.3) is 0 Å². The van der Waals surface area contributed by atoms with Gasteiger partial charge in [0.2, 0.25) is 0 Å². The highest BCUT2D eigenvalue weighted by atomic mass is 32.2. The van der Waals surface area contributed by atoms with Crippen LogP contribution in [0.3, 0.4) is 0 Å². The molecule has 1 saturated carbocycles. The lowest BCUT2D eigenvalue weighted by atomic mass is 10.2. The van der Waals surface area contributed by atoms with Crippen LogP contribution >= 0.6 is 11.8 Å². The Morgan fingerprint density at radius 3 is 3.00 bits per heavy atom. The zero-order valence-electron chi connectivity index (χ0n) is 8.25. The van der Waals surface area contributed by atoms with Gasteiger partial charge in [-0.05, 0) is 31.6 Å². The second-order valence-corrected chi connectivity index (χ2v) is 5.06. The zero-order chi connectivity index (χ0) is 9.10. The summed E-state index contributed by atoms with van der Waals surface area (Å²) >= 11 is 1.89. The van der Waals surface area contributed by atoms with E-state index in [1.165, 1.54) is 36.6 Å². The summed E-state index contributed by atoms with van der Waals surface area (Å²) in [6, 6.07) is 0.680. The lowest BCUT2D eigenvalue weighted by molar-refractivity contribution is 0.570. The minimum atomic E-state index is 0.680. The molecule has 13 heavy (non-hydrogen) atoms. The number of nitrogens with one attached hydrogen (secondary N) is 1. The average Bonchev–Trinajstić information content (AvgIpc) is 2.99. The summed E-state index contributed by atoms with van der Waals surface area (Å²) < 4.78 is 0. The number of thioether (sulfide) groups is 1. The first-order chi connectivity index (χ1) is 6.38. The molecule has 1 saturated heterocycles. The molecule has 3 heteroatoms. The molecule has 0 amide bonds. The monoisotopic (exact) mass is 198 g/mol. The van der Waals surface area contributed by atoms with Gasteiger partial charge in [-0.2, -0.15) is 0 Å². The van der Waals surface area contributed by atoms with Gasteiger partial charge in [-0.3, -0.25) is 4.99 Å². The Kier molecular flexibility index (Phi) is 3.14. The van der Waals surface area contributed by atoms with E-state index in [-0.39, 0.29) is 0 Å². The van der Waals surface area contributed by atoms with Gasteiger partial charge < -0.3 is 5.32 Å². The van der Waals surface area contributed by atoms with Gasteiger partial charge in [0.15, 0.2) is 5.17 Å². The molecule has 2 rings (SSSR count). The summed E-state index contributed by atoms with van der Waals surface area (Å²) in [6.45, 7) is 3.30. The van der Waals surface area contributed by atoms with Crippen molar-refractivity contribution < 1.29 is 0 Å². The van der Waals surface area contributed by atoms with E-state index in [0.717, 1.165) is 12.5 Å². The minimum Gasteiger partial charge on any atom is -0.362 e. The van der Waals surface area contributed by atoms with Gasteiger partial charge in [0.25, 0.3) is 0 Å². The standard InChI is InChI=1S/C10H18N2S/c1-2-9-5-6-13-10(12-9)11-7-8-3-4-8/h8-9H,2-7H2,1H3,(H,11,12). The van der Waals surface area contributed by atoms with Crippen LogP contribution in [0.15, 0.2) is 4.99 Å². The molecule has 2 aliphatic rings. The van der Waals surface area contributed by atoms with Crippen LogP contribution in [0.5, 0.6) is 0 Å². The van der Waals surface area contributed by atoms with Gasteiger partial charge >= 0.3 is 0 Å². The van der Waals surface area contributed by atoms with Gasteiger partial charge in [-0.25, -0.2) is 0 Å². The summed E-state index contributed by atoms with van der Waals surface area (Å²) in [4.78, 5) is 4.61. The SMILES string of the molecule is CCC1CCSC(=NCC2CC2)N1. The molecule has 0 bridgehead atoms. The second-order valence-electron chi connectivity index (χ2n) is 3.98. The van der Waals surface area contributed by atoms with Crippen molar-refractivity contribution in [2.24, 2.45) is 10.9 Å². The Balaban J connectivity index is 1.79. The second kappa shape index (κ2) is 4.36. The first kappa shape index (κ1) is 9.38. The molecule has 1 aliphatic carbocycles. The maximum absolute atomic E-state index is 4.61. The van der Waals surface area contributed by atoms with Gasteiger partial charge in [-0.1, -0.05) is 18.7 Å². The first-order valence-electron chi connectivity index (χ1n) is 5.32. The molecule has 0 aromatic heterocycles. The quantitative estimate of drug-likeness (QED) is 0.752. The van der Waals surface area contributed by atoms with Crippen LogP contribution in [0, 0.1) is 5.92 Å². The van der Waals surface area contributed by atoms with Crippen LogP contribution in [0.2, 0.25) is 0 Å².